The number of benzene rings is 1. The number of ether oxygens (including phenoxy) is 2. The molecule has 1 atom stereocenters. The van der Waals surface area contributed by atoms with Gasteiger partial charge < -0.3 is 19.9 Å². The molecule has 1 heterocycles. The highest BCUT2D eigenvalue weighted by atomic mass is 16.5. The number of piperidine rings is 1. The quantitative estimate of drug-likeness (QED) is 0.843. The van der Waals surface area contributed by atoms with Crippen molar-refractivity contribution in [2.24, 2.45) is 0 Å². The summed E-state index contributed by atoms with van der Waals surface area (Å²) in [7, 11) is 0. The first-order valence-electron chi connectivity index (χ1n) is 7.48. The molecule has 1 fully saturated rings. The summed E-state index contributed by atoms with van der Waals surface area (Å²) in [5.41, 5.74) is 1.23. The minimum atomic E-state index is -0.986. The van der Waals surface area contributed by atoms with Gasteiger partial charge in [-0.3, -0.25) is 0 Å². The Kier molecular flexibility index (Phi) is 5.44. The average molecular weight is 293 g/mol. The third kappa shape index (κ3) is 4.11. The monoisotopic (exact) mass is 293 g/mol. The fraction of sp³-hybridized carbons (Fsp3) is 0.562. The van der Waals surface area contributed by atoms with Crippen molar-refractivity contribution in [3.8, 4) is 11.5 Å². The Morgan fingerprint density at radius 2 is 2.10 bits per heavy atom. The lowest BCUT2D eigenvalue weighted by molar-refractivity contribution is -0.144. The van der Waals surface area contributed by atoms with Crippen LogP contribution < -0.4 is 14.8 Å². The molecule has 0 saturated carbocycles. The van der Waals surface area contributed by atoms with E-state index in [-0.39, 0.29) is 0 Å². The zero-order valence-electron chi connectivity index (χ0n) is 12.6. The number of aliphatic carboxylic acids is 1. The van der Waals surface area contributed by atoms with Gasteiger partial charge >= 0.3 is 5.97 Å². The van der Waals surface area contributed by atoms with Crippen LogP contribution in [0.3, 0.4) is 0 Å². The molecule has 0 aromatic heterocycles. The molecule has 1 aromatic rings. The molecule has 1 aliphatic rings. The SMILES string of the molecule is CCOc1cc(C2CCNCC2)ccc1OC(C)C(=O)O. The van der Waals surface area contributed by atoms with Gasteiger partial charge in [-0.1, -0.05) is 6.07 Å². The molecule has 21 heavy (non-hydrogen) atoms. The fourth-order valence-electron chi connectivity index (χ4n) is 2.54. The molecule has 0 amide bonds. The Labute approximate surface area is 125 Å². The second kappa shape index (κ2) is 7.31. The maximum absolute atomic E-state index is 10.9. The van der Waals surface area contributed by atoms with Crippen LogP contribution in [0.25, 0.3) is 0 Å². The minimum absolute atomic E-state index is 0.490. The van der Waals surface area contributed by atoms with Crippen LogP contribution in [0.1, 0.15) is 38.2 Å². The van der Waals surface area contributed by atoms with Crippen molar-refractivity contribution < 1.29 is 19.4 Å². The number of carbonyl (C=O) groups is 1. The number of nitrogens with one attached hydrogen (secondary N) is 1. The molecule has 0 radical (unpaired) electrons. The minimum Gasteiger partial charge on any atom is -0.490 e. The first-order chi connectivity index (χ1) is 10.1. The lowest BCUT2D eigenvalue weighted by Crippen LogP contribution is -2.26. The first kappa shape index (κ1) is 15.6. The molecule has 1 aliphatic heterocycles. The van der Waals surface area contributed by atoms with E-state index in [0.717, 1.165) is 25.9 Å². The van der Waals surface area contributed by atoms with Crippen molar-refractivity contribution in [1.82, 2.24) is 5.32 Å². The molecule has 1 aromatic carbocycles. The number of hydrogen-bond donors (Lipinski definition) is 2. The first-order valence-corrected chi connectivity index (χ1v) is 7.48. The predicted molar refractivity (Wildman–Crippen MR) is 80.2 cm³/mol. The van der Waals surface area contributed by atoms with Crippen molar-refractivity contribution in [3.63, 3.8) is 0 Å². The van der Waals surface area contributed by atoms with E-state index < -0.39 is 12.1 Å². The largest absolute Gasteiger partial charge is 0.490 e. The summed E-state index contributed by atoms with van der Waals surface area (Å²) in [4.78, 5) is 10.9. The van der Waals surface area contributed by atoms with Gasteiger partial charge in [0.05, 0.1) is 6.61 Å². The maximum atomic E-state index is 10.9. The summed E-state index contributed by atoms with van der Waals surface area (Å²) in [5.74, 6) is 0.655. The van der Waals surface area contributed by atoms with Crippen molar-refractivity contribution in [3.05, 3.63) is 23.8 Å². The topological polar surface area (TPSA) is 67.8 Å². The molecular weight excluding hydrogens is 270 g/mol. The second-order valence-electron chi connectivity index (χ2n) is 5.26. The summed E-state index contributed by atoms with van der Waals surface area (Å²) in [6, 6.07) is 5.83. The number of rotatable bonds is 6. The van der Waals surface area contributed by atoms with E-state index in [1.54, 1.807) is 0 Å². The van der Waals surface area contributed by atoms with Gasteiger partial charge in [-0.05, 0) is 63.4 Å². The Morgan fingerprint density at radius 1 is 1.38 bits per heavy atom. The number of carboxylic acid groups (broad SMARTS) is 1. The predicted octanol–water partition coefficient (Wildman–Crippen LogP) is 2.40. The summed E-state index contributed by atoms with van der Waals surface area (Å²) >= 11 is 0. The molecule has 116 valence electrons. The highest BCUT2D eigenvalue weighted by molar-refractivity contribution is 5.72. The van der Waals surface area contributed by atoms with Crippen LogP contribution in [0.4, 0.5) is 0 Å². The molecular formula is C16H23NO4. The maximum Gasteiger partial charge on any atom is 0.344 e. The van der Waals surface area contributed by atoms with Crippen LogP contribution >= 0.6 is 0 Å². The van der Waals surface area contributed by atoms with E-state index in [4.69, 9.17) is 14.6 Å². The molecule has 0 bridgehead atoms. The van der Waals surface area contributed by atoms with Crippen LogP contribution in [0.2, 0.25) is 0 Å². The lowest BCUT2D eigenvalue weighted by atomic mass is 9.90. The summed E-state index contributed by atoms with van der Waals surface area (Å²) in [6.45, 7) is 6.00. The Morgan fingerprint density at radius 3 is 2.71 bits per heavy atom. The second-order valence-corrected chi connectivity index (χ2v) is 5.26. The summed E-state index contributed by atoms with van der Waals surface area (Å²) in [6.07, 6.45) is 1.32. The van der Waals surface area contributed by atoms with Gasteiger partial charge in [0.15, 0.2) is 17.6 Å². The van der Waals surface area contributed by atoms with Crippen molar-refractivity contribution >= 4 is 5.97 Å². The lowest BCUT2D eigenvalue weighted by Gasteiger charge is -2.24. The highest BCUT2D eigenvalue weighted by Gasteiger charge is 2.19. The van der Waals surface area contributed by atoms with E-state index in [9.17, 15) is 4.79 Å². The molecule has 5 nitrogen and oxygen atoms in total. The molecule has 0 aliphatic carbocycles. The molecule has 0 spiro atoms. The third-order valence-corrected chi connectivity index (χ3v) is 3.73. The summed E-state index contributed by atoms with van der Waals surface area (Å²) < 4.78 is 11.1. The van der Waals surface area contributed by atoms with Crippen LogP contribution in [0, 0.1) is 0 Å². The zero-order valence-corrected chi connectivity index (χ0v) is 12.6. The average Bonchev–Trinajstić information content (AvgIpc) is 2.50. The number of hydrogen-bond acceptors (Lipinski definition) is 4. The molecule has 1 saturated heterocycles. The normalized spacial score (nSPS) is 17.2. The molecule has 2 rings (SSSR count). The van der Waals surface area contributed by atoms with E-state index in [1.807, 2.05) is 25.1 Å². The fourth-order valence-corrected chi connectivity index (χ4v) is 2.54. The van der Waals surface area contributed by atoms with Crippen molar-refractivity contribution in [2.45, 2.75) is 38.7 Å². The third-order valence-electron chi connectivity index (χ3n) is 3.73. The van der Waals surface area contributed by atoms with Crippen molar-refractivity contribution in [1.29, 1.82) is 0 Å². The van der Waals surface area contributed by atoms with Gasteiger partial charge in [0.1, 0.15) is 0 Å². The Hall–Kier alpha value is -1.75. The Balaban J connectivity index is 2.19. The van der Waals surface area contributed by atoms with Gasteiger partial charge in [0.2, 0.25) is 0 Å². The standard InChI is InChI=1S/C16H23NO4/c1-3-20-15-10-13(12-6-8-17-9-7-12)4-5-14(15)21-11(2)16(18)19/h4-5,10-12,17H,3,6-9H2,1-2H3,(H,18,19). The van der Waals surface area contributed by atoms with E-state index in [0.29, 0.717) is 24.0 Å². The Bertz CT molecular complexity index is 483. The van der Waals surface area contributed by atoms with Crippen LogP contribution in [0.15, 0.2) is 18.2 Å². The molecule has 1 unspecified atom stereocenters. The van der Waals surface area contributed by atoms with E-state index >= 15 is 0 Å². The van der Waals surface area contributed by atoms with Gasteiger partial charge in [-0.25, -0.2) is 4.79 Å². The smallest absolute Gasteiger partial charge is 0.344 e. The van der Waals surface area contributed by atoms with Crippen molar-refractivity contribution in [2.75, 3.05) is 19.7 Å². The van der Waals surface area contributed by atoms with Gasteiger partial charge in [0, 0.05) is 0 Å². The van der Waals surface area contributed by atoms with Crippen LogP contribution in [0.5, 0.6) is 11.5 Å². The molecule has 2 N–H and O–H groups in total. The van der Waals surface area contributed by atoms with Gasteiger partial charge in [-0.2, -0.15) is 0 Å². The zero-order chi connectivity index (χ0) is 15.2. The number of carboxylic acids is 1. The van der Waals surface area contributed by atoms with Crippen LogP contribution in [-0.2, 0) is 4.79 Å². The summed E-state index contributed by atoms with van der Waals surface area (Å²) in [5, 5.41) is 12.3. The van der Waals surface area contributed by atoms with E-state index in [1.165, 1.54) is 12.5 Å². The molecule has 5 heteroatoms. The van der Waals surface area contributed by atoms with E-state index in [2.05, 4.69) is 5.32 Å². The van der Waals surface area contributed by atoms with Gasteiger partial charge in [0.25, 0.3) is 0 Å². The highest BCUT2D eigenvalue weighted by Crippen LogP contribution is 2.34. The van der Waals surface area contributed by atoms with Gasteiger partial charge in [-0.15, -0.1) is 0 Å². The van der Waals surface area contributed by atoms with Crippen LogP contribution in [-0.4, -0.2) is 36.9 Å².